The summed E-state index contributed by atoms with van der Waals surface area (Å²) < 4.78 is 4.83. The lowest BCUT2D eigenvalue weighted by atomic mass is 9.66. The Bertz CT molecular complexity index is 2230. The topological polar surface area (TPSA) is 125 Å². The average Bonchev–Trinajstić information content (AvgIpc) is 3.60. The molecule has 0 aliphatic heterocycles. The number of nitrogens with two attached hydrogens (primary N) is 1. The van der Waals surface area contributed by atoms with E-state index in [0.717, 1.165) is 27.6 Å². The van der Waals surface area contributed by atoms with Crippen LogP contribution >= 0.6 is 0 Å². The van der Waals surface area contributed by atoms with Crippen molar-refractivity contribution in [1.82, 2.24) is 34.3 Å². The van der Waals surface area contributed by atoms with Crippen LogP contribution in [0.4, 0.5) is 5.82 Å². The summed E-state index contributed by atoms with van der Waals surface area (Å²) in [5.74, 6) is 8.62. The number of rotatable bonds is 6. The Kier molecular flexibility index (Phi) is 8.60. The van der Waals surface area contributed by atoms with Crippen molar-refractivity contribution in [2.45, 2.75) is 19.5 Å². The maximum atomic E-state index is 14.4. The van der Waals surface area contributed by atoms with E-state index in [2.05, 4.69) is 38.3 Å². The third-order valence-corrected chi connectivity index (χ3v) is 8.13. The number of anilines is 1. The van der Waals surface area contributed by atoms with Gasteiger partial charge in [-0.1, -0.05) is 34.9 Å². The fourth-order valence-corrected chi connectivity index (χ4v) is 5.20. The molecule has 5 aromatic rings. The van der Waals surface area contributed by atoms with Crippen molar-refractivity contribution in [1.29, 1.82) is 0 Å². The van der Waals surface area contributed by atoms with E-state index >= 15 is 0 Å². The van der Waals surface area contributed by atoms with Gasteiger partial charge in [0.25, 0.3) is 11.5 Å². The van der Waals surface area contributed by atoms with Crippen molar-refractivity contribution in [3.8, 4) is 24.2 Å². The summed E-state index contributed by atoms with van der Waals surface area (Å²) in [5, 5.41) is 12.6. The number of terminal acetylenes is 1. The lowest BCUT2D eigenvalue weighted by Crippen LogP contribution is -2.33. The van der Waals surface area contributed by atoms with Crippen molar-refractivity contribution in [2.75, 3.05) is 5.73 Å². The molecule has 1 amide bonds. The number of nitrogens with one attached hydrogen (secondary N) is 1. The molecule has 218 valence electrons. The largest absolute Gasteiger partial charge is 0.381 e. The summed E-state index contributed by atoms with van der Waals surface area (Å²) >= 11 is 0. The zero-order chi connectivity index (χ0) is 32.4. The molecule has 0 spiro atoms. The first kappa shape index (κ1) is 30.8. The third-order valence-electron chi connectivity index (χ3n) is 8.13. The number of hydrogen-bond acceptors (Lipinski definition) is 6. The molecular weight excluding hydrogens is 560 g/mol. The number of allylic oxidation sites excluding steroid dienone is 4. The van der Waals surface area contributed by atoms with E-state index < -0.39 is 11.9 Å². The summed E-state index contributed by atoms with van der Waals surface area (Å²) in [6, 6.07) is 10.4. The fourth-order valence-electron chi connectivity index (χ4n) is 5.20. The number of hydrogen-bond donors (Lipinski definition) is 2. The first-order chi connectivity index (χ1) is 21.5. The van der Waals surface area contributed by atoms with Gasteiger partial charge in [-0.25, -0.2) is 9.50 Å². The predicted octanol–water partition coefficient (Wildman–Crippen LogP) is -1.16. The number of carbonyl (C=O) groups is 1. The maximum absolute atomic E-state index is 14.4. The normalized spacial score (nSPS) is 12.9. The van der Waals surface area contributed by atoms with Gasteiger partial charge in [0.1, 0.15) is 42.6 Å². The zero-order valence-electron chi connectivity index (χ0n) is 26.1. The van der Waals surface area contributed by atoms with E-state index in [1.807, 2.05) is 75.7 Å². The summed E-state index contributed by atoms with van der Waals surface area (Å²) in [5.41, 5.74) is 12.1. The maximum Gasteiger partial charge on any atom is 0.260 e. The highest BCUT2D eigenvalue weighted by molar-refractivity contribution is 6.44. The van der Waals surface area contributed by atoms with E-state index in [-0.39, 0.29) is 23.5 Å². The van der Waals surface area contributed by atoms with Gasteiger partial charge in [0.2, 0.25) is 0 Å². The van der Waals surface area contributed by atoms with Crippen LogP contribution < -0.4 is 16.6 Å². The van der Waals surface area contributed by atoms with Gasteiger partial charge >= 0.3 is 0 Å². The third kappa shape index (κ3) is 5.96. The van der Waals surface area contributed by atoms with Crippen LogP contribution in [0.15, 0.2) is 81.7 Å². The second-order valence-electron chi connectivity index (χ2n) is 11.0. The number of benzene rings is 1. The first-order valence-corrected chi connectivity index (χ1v) is 14.4. The van der Waals surface area contributed by atoms with Gasteiger partial charge in [-0.05, 0) is 48.0 Å². The molecule has 4 heterocycles. The van der Waals surface area contributed by atoms with Crippen molar-refractivity contribution in [3.63, 3.8) is 0 Å². The first-order valence-electron chi connectivity index (χ1n) is 14.4. The molecule has 45 heavy (non-hydrogen) atoms. The van der Waals surface area contributed by atoms with Crippen LogP contribution in [0, 0.1) is 24.2 Å². The van der Waals surface area contributed by atoms with Crippen LogP contribution in [0.2, 0.25) is 0 Å². The Balaban J connectivity index is 1.66. The minimum atomic E-state index is -0.589. The van der Waals surface area contributed by atoms with Crippen LogP contribution in [0.3, 0.4) is 0 Å². The summed E-state index contributed by atoms with van der Waals surface area (Å²) in [7, 11) is 9.65. The van der Waals surface area contributed by atoms with Crippen molar-refractivity contribution in [2.24, 2.45) is 7.05 Å². The van der Waals surface area contributed by atoms with Crippen LogP contribution in [0.1, 0.15) is 40.3 Å². The predicted molar refractivity (Wildman–Crippen MR) is 188 cm³/mol. The molecule has 14 heteroatoms. The lowest BCUT2D eigenvalue weighted by molar-refractivity contribution is 0.0940. The van der Waals surface area contributed by atoms with E-state index in [9.17, 15) is 9.59 Å². The number of aromatic nitrogens is 6. The number of amides is 1. The highest BCUT2D eigenvalue weighted by atomic mass is 16.2. The van der Waals surface area contributed by atoms with Gasteiger partial charge in [-0.2, -0.15) is 5.10 Å². The average molecular weight is 590 g/mol. The van der Waals surface area contributed by atoms with Crippen LogP contribution in [0.25, 0.3) is 16.4 Å². The molecule has 1 atom stereocenters. The molecule has 4 aromatic heterocycles. The van der Waals surface area contributed by atoms with Crippen molar-refractivity contribution < 1.29 is 4.79 Å². The lowest BCUT2D eigenvalue weighted by Gasteiger charge is -2.22. The Labute approximate surface area is 264 Å². The summed E-state index contributed by atoms with van der Waals surface area (Å²) in [6.07, 6.45) is 10.6. The Morgan fingerprint density at radius 3 is 2.60 bits per heavy atom. The second kappa shape index (κ2) is 12.6. The minimum absolute atomic E-state index is 0.0616. The molecule has 5 rings (SSSR count). The van der Waals surface area contributed by atoms with Crippen molar-refractivity contribution >= 4 is 59.5 Å². The minimum Gasteiger partial charge on any atom is -0.381 e. The molecule has 0 saturated carbocycles. The Hall–Kier alpha value is -5.61. The number of fused-ring (bicyclic) bond motifs is 2. The van der Waals surface area contributed by atoms with Crippen LogP contribution in [-0.2, 0) is 13.6 Å². The van der Waals surface area contributed by atoms with E-state index in [0.29, 0.717) is 27.7 Å². The van der Waals surface area contributed by atoms with Gasteiger partial charge in [-0.3, -0.25) is 14.3 Å². The Morgan fingerprint density at radius 2 is 1.89 bits per heavy atom. The molecule has 10 nitrogen and oxygen atoms in total. The van der Waals surface area contributed by atoms with Crippen LogP contribution in [0.5, 0.6) is 0 Å². The number of nitrogen functional groups attached to an aromatic ring is 1. The fraction of sp³-hybridized carbons (Fsp3) is 0.129. The van der Waals surface area contributed by atoms with Crippen LogP contribution in [-0.4, -0.2) is 66.2 Å². The Morgan fingerprint density at radius 1 is 1.11 bits per heavy atom. The van der Waals surface area contributed by atoms with E-state index in [1.165, 1.54) is 4.52 Å². The highest BCUT2D eigenvalue weighted by Gasteiger charge is 2.23. The van der Waals surface area contributed by atoms with Gasteiger partial charge in [0.15, 0.2) is 11.5 Å². The molecule has 0 fully saturated rings. The SMILES string of the molecule is B/C(C#C)=C(B)/C(B)=C(/B)Cn1c([C@H](C)NC(=O)c2c(N)nn3cccnc23)cc2cccc(C#Cc3ccnn3C)c2c1=O. The van der Waals surface area contributed by atoms with Gasteiger partial charge < -0.3 is 15.6 Å². The molecular formula is C31H30B4N8O2. The van der Waals surface area contributed by atoms with Gasteiger partial charge in [0.05, 0.1) is 17.6 Å². The van der Waals surface area contributed by atoms with Crippen molar-refractivity contribution in [3.05, 3.63) is 110 Å². The van der Waals surface area contributed by atoms with E-state index in [1.54, 1.807) is 33.9 Å². The highest BCUT2D eigenvalue weighted by Crippen LogP contribution is 2.23. The smallest absolute Gasteiger partial charge is 0.260 e. The molecule has 0 aliphatic carbocycles. The molecule has 0 radical (unpaired) electrons. The molecule has 0 aliphatic rings. The standard InChI is InChI=1S/C31H30B4N8O2/c1-4-21(32)26(34)27(35)22(33)16-42-23(17(2)39-30(44)25-28(36)40-43-14-6-12-37-29(25)43)15-19-8-5-7-18(24(19)31(42)45)9-10-20-11-13-38-41(20)3/h1,5-8,11-15,17H,16,32-35H2,2-3H3,(H2,36,40)(H,39,44)/b26-21-,27-22-/t17-/m0/s1. The number of nitrogens with zero attached hydrogens (tertiary/aromatic N) is 6. The van der Waals surface area contributed by atoms with E-state index in [4.69, 9.17) is 12.2 Å². The number of aryl methyl sites for hydroxylation is 1. The summed E-state index contributed by atoms with van der Waals surface area (Å²) in [4.78, 5) is 32.3. The zero-order valence-corrected chi connectivity index (χ0v) is 26.1. The quantitative estimate of drug-likeness (QED) is 0.146. The molecule has 0 bridgehead atoms. The molecule has 0 unspecified atom stereocenters. The summed E-state index contributed by atoms with van der Waals surface area (Å²) in [6.45, 7) is 2.10. The monoisotopic (exact) mass is 590 g/mol. The molecule has 1 aromatic carbocycles. The number of carbonyl (C=O) groups excluding carboxylic acids is 1. The van der Waals surface area contributed by atoms with Gasteiger partial charge in [-0.15, -0.1) is 17.0 Å². The van der Waals surface area contributed by atoms with Gasteiger partial charge in [0, 0.05) is 37.2 Å². The second-order valence-corrected chi connectivity index (χ2v) is 11.0. The molecule has 3 N–H and O–H groups in total. The number of pyridine rings is 1. The molecule has 0 saturated heterocycles.